The average molecular weight is 253 g/mol. The third kappa shape index (κ3) is 3.69. The summed E-state index contributed by atoms with van der Waals surface area (Å²) in [6.07, 6.45) is 6.48. The second-order valence-electron chi connectivity index (χ2n) is 5.87. The number of amides is 1. The Labute approximate surface area is 111 Å². The summed E-state index contributed by atoms with van der Waals surface area (Å²) in [7, 11) is 4.14. The van der Waals surface area contributed by atoms with E-state index in [4.69, 9.17) is 0 Å². The number of rotatable bonds is 4. The van der Waals surface area contributed by atoms with Gasteiger partial charge >= 0.3 is 0 Å². The van der Waals surface area contributed by atoms with Crippen molar-refractivity contribution in [1.82, 2.24) is 15.1 Å². The first kappa shape index (κ1) is 13.8. The summed E-state index contributed by atoms with van der Waals surface area (Å²) >= 11 is 0. The lowest BCUT2D eigenvalue weighted by molar-refractivity contribution is -0.133. The molecule has 104 valence electrons. The van der Waals surface area contributed by atoms with Crippen molar-refractivity contribution in [1.29, 1.82) is 0 Å². The molecule has 0 spiro atoms. The van der Waals surface area contributed by atoms with Gasteiger partial charge in [-0.2, -0.15) is 0 Å². The topological polar surface area (TPSA) is 35.6 Å². The molecule has 4 nitrogen and oxygen atoms in total. The van der Waals surface area contributed by atoms with Gasteiger partial charge in [-0.15, -0.1) is 0 Å². The van der Waals surface area contributed by atoms with Gasteiger partial charge in [0.2, 0.25) is 5.91 Å². The summed E-state index contributed by atoms with van der Waals surface area (Å²) in [5.41, 5.74) is 0. The molecule has 2 fully saturated rings. The molecule has 2 aliphatic heterocycles. The Morgan fingerprint density at radius 3 is 2.67 bits per heavy atom. The van der Waals surface area contributed by atoms with Crippen molar-refractivity contribution in [3.05, 3.63) is 0 Å². The molecule has 0 aliphatic carbocycles. The third-order valence-corrected chi connectivity index (χ3v) is 4.50. The number of carbonyl (C=O) groups excluding carboxylic acids is 1. The van der Waals surface area contributed by atoms with Gasteiger partial charge in [0.15, 0.2) is 0 Å². The van der Waals surface area contributed by atoms with E-state index < -0.39 is 0 Å². The molecule has 2 rings (SSSR count). The zero-order valence-electron chi connectivity index (χ0n) is 11.8. The van der Waals surface area contributed by atoms with Crippen molar-refractivity contribution in [2.24, 2.45) is 0 Å². The van der Waals surface area contributed by atoms with Crippen LogP contribution in [0, 0.1) is 0 Å². The molecule has 4 heteroatoms. The van der Waals surface area contributed by atoms with E-state index in [0.29, 0.717) is 24.4 Å². The summed E-state index contributed by atoms with van der Waals surface area (Å²) in [4.78, 5) is 16.5. The van der Waals surface area contributed by atoms with Crippen molar-refractivity contribution in [3.8, 4) is 0 Å². The molecule has 0 saturated carbocycles. The van der Waals surface area contributed by atoms with Crippen LogP contribution in [-0.4, -0.2) is 61.5 Å². The molecule has 1 atom stereocenters. The molecule has 0 radical (unpaired) electrons. The van der Waals surface area contributed by atoms with Crippen LogP contribution in [-0.2, 0) is 4.79 Å². The van der Waals surface area contributed by atoms with Crippen molar-refractivity contribution >= 4 is 5.91 Å². The van der Waals surface area contributed by atoms with E-state index >= 15 is 0 Å². The van der Waals surface area contributed by atoms with Crippen LogP contribution in [0.5, 0.6) is 0 Å². The lowest BCUT2D eigenvalue weighted by Crippen LogP contribution is -2.44. The van der Waals surface area contributed by atoms with Crippen molar-refractivity contribution < 1.29 is 4.79 Å². The van der Waals surface area contributed by atoms with Crippen LogP contribution >= 0.6 is 0 Å². The van der Waals surface area contributed by atoms with E-state index in [-0.39, 0.29) is 0 Å². The summed E-state index contributed by atoms with van der Waals surface area (Å²) in [6.45, 7) is 3.36. The first-order valence-electron chi connectivity index (χ1n) is 7.34. The van der Waals surface area contributed by atoms with E-state index in [2.05, 4.69) is 17.3 Å². The van der Waals surface area contributed by atoms with Crippen LogP contribution in [0.4, 0.5) is 0 Å². The molecule has 1 unspecified atom stereocenters. The van der Waals surface area contributed by atoms with E-state index in [1.807, 2.05) is 11.9 Å². The molecule has 0 aromatic carbocycles. The second kappa shape index (κ2) is 6.53. The minimum absolute atomic E-state index is 0.332. The highest BCUT2D eigenvalue weighted by Crippen LogP contribution is 2.17. The van der Waals surface area contributed by atoms with Gasteiger partial charge in [0, 0.05) is 25.6 Å². The van der Waals surface area contributed by atoms with Gasteiger partial charge in [-0.25, -0.2) is 0 Å². The minimum Gasteiger partial charge on any atom is -0.343 e. The molecule has 1 amide bonds. The van der Waals surface area contributed by atoms with Gasteiger partial charge in [0.1, 0.15) is 0 Å². The Morgan fingerprint density at radius 1 is 1.33 bits per heavy atom. The first-order valence-corrected chi connectivity index (χ1v) is 7.34. The summed E-state index contributed by atoms with van der Waals surface area (Å²) in [6, 6.07) is 1.05. The number of hydrogen-bond acceptors (Lipinski definition) is 3. The van der Waals surface area contributed by atoms with E-state index in [0.717, 1.165) is 38.9 Å². The largest absolute Gasteiger partial charge is 0.343 e. The van der Waals surface area contributed by atoms with Crippen molar-refractivity contribution in [2.75, 3.05) is 33.7 Å². The normalized spacial score (nSPS) is 26.4. The second-order valence-corrected chi connectivity index (χ2v) is 5.87. The number of piperidine rings is 1. The van der Waals surface area contributed by atoms with E-state index in [1.165, 1.54) is 12.8 Å². The molecule has 2 saturated heterocycles. The van der Waals surface area contributed by atoms with Gasteiger partial charge in [-0.05, 0) is 58.8 Å². The quantitative estimate of drug-likeness (QED) is 0.814. The Morgan fingerprint density at radius 2 is 2.06 bits per heavy atom. The zero-order chi connectivity index (χ0) is 13.0. The maximum Gasteiger partial charge on any atom is 0.222 e. The summed E-state index contributed by atoms with van der Waals surface area (Å²) in [5.74, 6) is 0.332. The van der Waals surface area contributed by atoms with Crippen LogP contribution in [0.3, 0.4) is 0 Å². The van der Waals surface area contributed by atoms with Crippen LogP contribution in [0.1, 0.15) is 38.5 Å². The Bertz CT molecular complexity index is 268. The summed E-state index contributed by atoms with van der Waals surface area (Å²) < 4.78 is 0. The third-order valence-electron chi connectivity index (χ3n) is 4.50. The number of nitrogens with zero attached hydrogens (tertiary/aromatic N) is 2. The highest BCUT2D eigenvalue weighted by Gasteiger charge is 2.24. The maximum atomic E-state index is 12.2. The molecule has 2 heterocycles. The number of hydrogen-bond donors (Lipinski definition) is 1. The van der Waals surface area contributed by atoms with E-state index in [9.17, 15) is 4.79 Å². The highest BCUT2D eigenvalue weighted by atomic mass is 16.2. The van der Waals surface area contributed by atoms with Gasteiger partial charge in [0.25, 0.3) is 0 Å². The van der Waals surface area contributed by atoms with Gasteiger partial charge in [-0.3, -0.25) is 4.79 Å². The number of likely N-dealkylation sites (tertiary alicyclic amines) is 1. The van der Waals surface area contributed by atoms with E-state index in [1.54, 1.807) is 0 Å². The summed E-state index contributed by atoms with van der Waals surface area (Å²) in [5, 5.41) is 3.46. The van der Waals surface area contributed by atoms with Gasteiger partial charge in [0.05, 0.1) is 0 Å². The molecule has 2 aliphatic rings. The molecule has 18 heavy (non-hydrogen) atoms. The molecular weight excluding hydrogens is 226 g/mol. The Kier molecular flexibility index (Phi) is 5.01. The lowest BCUT2D eigenvalue weighted by atomic mass is 10.0. The molecular formula is C14H27N3O. The van der Waals surface area contributed by atoms with Crippen molar-refractivity contribution in [3.63, 3.8) is 0 Å². The Balaban J connectivity index is 1.70. The minimum atomic E-state index is 0.332. The fourth-order valence-corrected chi connectivity index (χ4v) is 3.06. The standard InChI is InChI=1S/C14H27N3O/c1-16-10-7-13(8-11-16)17(2)14(18)6-5-12-4-3-9-15-12/h12-13,15H,3-11H2,1-2H3. The van der Waals surface area contributed by atoms with Gasteiger partial charge < -0.3 is 15.1 Å². The predicted octanol–water partition coefficient (Wildman–Crippen LogP) is 1.07. The lowest BCUT2D eigenvalue weighted by Gasteiger charge is -2.35. The molecule has 1 N–H and O–H groups in total. The monoisotopic (exact) mass is 253 g/mol. The average Bonchev–Trinajstić information content (AvgIpc) is 2.89. The first-order chi connectivity index (χ1) is 8.66. The SMILES string of the molecule is CN1CCC(N(C)C(=O)CCC2CCCN2)CC1. The van der Waals surface area contributed by atoms with Crippen molar-refractivity contribution in [2.45, 2.75) is 50.6 Å². The fourth-order valence-electron chi connectivity index (χ4n) is 3.06. The van der Waals surface area contributed by atoms with Crippen LogP contribution in [0.2, 0.25) is 0 Å². The molecule has 0 aromatic rings. The zero-order valence-corrected chi connectivity index (χ0v) is 11.8. The number of nitrogens with one attached hydrogen (secondary N) is 1. The fraction of sp³-hybridized carbons (Fsp3) is 0.929. The van der Waals surface area contributed by atoms with Crippen LogP contribution in [0.15, 0.2) is 0 Å². The predicted molar refractivity (Wildman–Crippen MR) is 73.5 cm³/mol. The smallest absolute Gasteiger partial charge is 0.222 e. The maximum absolute atomic E-state index is 12.2. The van der Waals surface area contributed by atoms with Gasteiger partial charge in [-0.1, -0.05) is 0 Å². The number of carbonyl (C=O) groups is 1. The molecule has 0 bridgehead atoms. The molecule has 0 aromatic heterocycles. The van der Waals surface area contributed by atoms with Crippen LogP contribution < -0.4 is 5.32 Å². The Hall–Kier alpha value is -0.610. The highest BCUT2D eigenvalue weighted by molar-refractivity contribution is 5.76. The van der Waals surface area contributed by atoms with Crippen LogP contribution in [0.25, 0.3) is 0 Å².